The number of likely N-dealkylation sites (tertiary alicyclic amines) is 1. The Balaban J connectivity index is 2.23. The van der Waals surface area contributed by atoms with Crippen LogP contribution in [0.15, 0.2) is 24.3 Å². The first-order valence-corrected chi connectivity index (χ1v) is 6.01. The van der Waals surface area contributed by atoms with Crippen molar-refractivity contribution >= 4 is 0 Å². The van der Waals surface area contributed by atoms with Crippen molar-refractivity contribution in [3.05, 3.63) is 35.4 Å². The van der Waals surface area contributed by atoms with Gasteiger partial charge in [0.15, 0.2) is 0 Å². The molecule has 1 aliphatic rings. The minimum absolute atomic E-state index is 0.136. The van der Waals surface area contributed by atoms with Gasteiger partial charge in [0.05, 0.1) is 5.56 Å². The van der Waals surface area contributed by atoms with E-state index in [1.807, 2.05) is 7.05 Å². The van der Waals surface area contributed by atoms with Crippen LogP contribution in [0.5, 0.6) is 0 Å². The van der Waals surface area contributed by atoms with Gasteiger partial charge in [-0.25, -0.2) is 0 Å². The molecule has 2 N–H and O–H groups in total. The monoisotopic (exact) mass is 258 g/mol. The summed E-state index contributed by atoms with van der Waals surface area (Å²) in [6.45, 7) is 1.50. The van der Waals surface area contributed by atoms with Gasteiger partial charge in [-0.1, -0.05) is 12.1 Å². The first kappa shape index (κ1) is 13.4. The highest BCUT2D eigenvalue weighted by Crippen LogP contribution is 2.37. The molecule has 0 bridgehead atoms. The highest BCUT2D eigenvalue weighted by molar-refractivity contribution is 5.28. The second-order valence-electron chi connectivity index (χ2n) is 4.83. The summed E-state index contributed by atoms with van der Waals surface area (Å²) in [6.07, 6.45) is -3.27. The number of rotatable bonds is 2. The average molecular weight is 258 g/mol. The maximum absolute atomic E-state index is 12.5. The molecule has 100 valence electrons. The molecule has 0 aliphatic carbocycles. The Morgan fingerprint density at radius 1 is 1.28 bits per heavy atom. The number of halogens is 3. The van der Waals surface area contributed by atoms with E-state index in [0.29, 0.717) is 12.5 Å². The summed E-state index contributed by atoms with van der Waals surface area (Å²) >= 11 is 0. The van der Waals surface area contributed by atoms with Crippen molar-refractivity contribution in [1.29, 1.82) is 0 Å². The fourth-order valence-corrected chi connectivity index (χ4v) is 2.67. The third-order valence-electron chi connectivity index (χ3n) is 3.66. The number of alkyl halides is 3. The fourth-order valence-electron chi connectivity index (χ4n) is 2.67. The predicted molar refractivity (Wildman–Crippen MR) is 64.0 cm³/mol. The summed E-state index contributed by atoms with van der Waals surface area (Å²) < 4.78 is 37.5. The van der Waals surface area contributed by atoms with Crippen molar-refractivity contribution in [3.8, 4) is 0 Å². The minimum Gasteiger partial charge on any atom is -0.330 e. The molecule has 2 atom stereocenters. The summed E-state index contributed by atoms with van der Waals surface area (Å²) in [5.41, 5.74) is 6.03. The Morgan fingerprint density at radius 3 is 2.39 bits per heavy atom. The molecule has 2 nitrogen and oxygen atoms in total. The maximum Gasteiger partial charge on any atom is 0.416 e. The Bertz CT molecular complexity index is 400. The molecule has 2 rings (SSSR count). The van der Waals surface area contributed by atoms with Gasteiger partial charge >= 0.3 is 6.18 Å². The Hall–Kier alpha value is -1.07. The Labute approximate surface area is 105 Å². The minimum atomic E-state index is -4.27. The van der Waals surface area contributed by atoms with E-state index in [-0.39, 0.29) is 6.04 Å². The summed E-state index contributed by atoms with van der Waals surface area (Å²) in [5, 5.41) is 0. The normalized spacial score (nSPS) is 25.6. The van der Waals surface area contributed by atoms with Crippen molar-refractivity contribution in [2.24, 2.45) is 11.7 Å². The molecule has 0 radical (unpaired) electrons. The van der Waals surface area contributed by atoms with E-state index in [0.717, 1.165) is 30.7 Å². The molecule has 5 heteroatoms. The van der Waals surface area contributed by atoms with Gasteiger partial charge in [0.2, 0.25) is 0 Å². The summed E-state index contributed by atoms with van der Waals surface area (Å²) in [7, 11) is 1.98. The fraction of sp³-hybridized carbons (Fsp3) is 0.538. The third kappa shape index (κ3) is 2.52. The van der Waals surface area contributed by atoms with Crippen molar-refractivity contribution in [2.45, 2.75) is 18.6 Å². The first-order valence-electron chi connectivity index (χ1n) is 6.01. The second-order valence-corrected chi connectivity index (χ2v) is 4.83. The van der Waals surface area contributed by atoms with Crippen LogP contribution in [0.1, 0.15) is 23.6 Å². The molecule has 1 aliphatic heterocycles. The van der Waals surface area contributed by atoms with Crippen LogP contribution in [0.3, 0.4) is 0 Å². The number of hydrogen-bond donors (Lipinski definition) is 1. The molecule has 0 aromatic heterocycles. The summed E-state index contributed by atoms with van der Waals surface area (Å²) in [6, 6.07) is 5.57. The number of nitrogens with two attached hydrogens (primary N) is 1. The zero-order chi connectivity index (χ0) is 13.3. The molecule has 0 unspecified atom stereocenters. The molecule has 0 spiro atoms. The maximum atomic E-state index is 12.5. The van der Waals surface area contributed by atoms with Crippen molar-refractivity contribution in [1.82, 2.24) is 4.90 Å². The van der Waals surface area contributed by atoms with E-state index in [2.05, 4.69) is 4.90 Å². The van der Waals surface area contributed by atoms with Gasteiger partial charge in [-0.3, -0.25) is 4.90 Å². The molecule has 1 saturated heterocycles. The van der Waals surface area contributed by atoms with E-state index in [9.17, 15) is 13.2 Å². The number of benzene rings is 1. The van der Waals surface area contributed by atoms with Crippen LogP contribution in [0, 0.1) is 5.92 Å². The second kappa shape index (κ2) is 4.90. The number of hydrogen-bond acceptors (Lipinski definition) is 2. The van der Waals surface area contributed by atoms with E-state index in [1.54, 1.807) is 12.1 Å². The summed E-state index contributed by atoms with van der Waals surface area (Å²) in [4.78, 5) is 2.15. The lowest BCUT2D eigenvalue weighted by Crippen LogP contribution is -2.25. The van der Waals surface area contributed by atoms with Crippen LogP contribution in [0.4, 0.5) is 13.2 Å². The molecule has 0 amide bonds. The van der Waals surface area contributed by atoms with E-state index < -0.39 is 11.7 Å². The molecular weight excluding hydrogens is 241 g/mol. The quantitative estimate of drug-likeness (QED) is 0.883. The van der Waals surface area contributed by atoms with Gasteiger partial charge in [-0.2, -0.15) is 13.2 Å². The predicted octanol–water partition coefficient (Wildman–Crippen LogP) is 2.66. The standard InChI is InChI=1S/C13H17F3N2/c1-18-7-6-10(8-17)12(18)9-2-4-11(5-3-9)13(14,15)16/h2-5,10,12H,6-8,17H2,1H3/t10-,12+/m0/s1. The van der Waals surface area contributed by atoms with Crippen molar-refractivity contribution in [3.63, 3.8) is 0 Å². The van der Waals surface area contributed by atoms with Gasteiger partial charge in [-0.15, -0.1) is 0 Å². The van der Waals surface area contributed by atoms with Crippen LogP contribution >= 0.6 is 0 Å². The Morgan fingerprint density at radius 2 is 1.89 bits per heavy atom. The molecule has 0 saturated carbocycles. The Kier molecular flexibility index (Phi) is 3.64. The molecule has 1 aromatic rings. The van der Waals surface area contributed by atoms with Crippen LogP contribution in [0.2, 0.25) is 0 Å². The van der Waals surface area contributed by atoms with E-state index in [4.69, 9.17) is 5.73 Å². The summed E-state index contributed by atoms with van der Waals surface area (Å²) in [5.74, 6) is 0.326. The topological polar surface area (TPSA) is 29.3 Å². The van der Waals surface area contributed by atoms with Crippen molar-refractivity contribution in [2.75, 3.05) is 20.1 Å². The average Bonchev–Trinajstić information content (AvgIpc) is 2.69. The lowest BCUT2D eigenvalue weighted by atomic mass is 9.93. The number of nitrogens with zero attached hydrogens (tertiary/aromatic N) is 1. The highest BCUT2D eigenvalue weighted by atomic mass is 19.4. The first-order chi connectivity index (χ1) is 8.43. The van der Waals surface area contributed by atoms with Gasteiger partial charge in [0, 0.05) is 6.04 Å². The zero-order valence-electron chi connectivity index (χ0n) is 10.2. The van der Waals surface area contributed by atoms with Gasteiger partial charge in [-0.05, 0) is 50.2 Å². The lowest BCUT2D eigenvalue weighted by Gasteiger charge is -2.25. The van der Waals surface area contributed by atoms with Gasteiger partial charge in [0.25, 0.3) is 0 Å². The third-order valence-corrected chi connectivity index (χ3v) is 3.66. The SMILES string of the molecule is CN1CC[C@@H](CN)[C@H]1c1ccc(C(F)(F)F)cc1. The zero-order valence-corrected chi connectivity index (χ0v) is 10.2. The molecular formula is C13H17F3N2. The van der Waals surface area contributed by atoms with E-state index in [1.165, 1.54) is 0 Å². The van der Waals surface area contributed by atoms with Gasteiger partial charge in [0.1, 0.15) is 0 Å². The smallest absolute Gasteiger partial charge is 0.330 e. The van der Waals surface area contributed by atoms with Crippen LogP contribution in [-0.4, -0.2) is 25.0 Å². The van der Waals surface area contributed by atoms with Crippen LogP contribution in [-0.2, 0) is 6.18 Å². The molecule has 18 heavy (non-hydrogen) atoms. The largest absolute Gasteiger partial charge is 0.416 e. The highest BCUT2D eigenvalue weighted by Gasteiger charge is 2.33. The van der Waals surface area contributed by atoms with Crippen molar-refractivity contribution < 1.29 is 13.2 Å². The van der Waals surface area contributed by atoms with E-state index >= 15 is 0 Å². The lowest BCUT2D eigenvalue weighted by molar-refractivity contribution is -0.137. The molecule has 1 heterocycles. The molecule has 1 fully saturated rings. The molecule has 1 aromatic carbocycles. The van der Waals surface area contributed by atoms with Crippen LogP contribution in [0.25, 0.3) is 0 Å². The van der Waals surface area contributed by atoms with Crippen LogP contribution < -0.4 is 5.73 Å². The van der Waals surface area contributed by atoms with Gasteiger partial charge < -0.3 is 5.73 Å².